The number of nitrogens with two attached hydrogens (primary N) is 1. The lowest BCUT2D eigenvalue weighted by Crippen LogP contribution is -2.34. The molecule has 0 spiro atoms. The SMILES string of the molecule is CCc1nc(NN)c(C)c(N(C)C(C)COC)n1. The number of methoxy groups -OCH3 is 1. The molecule has 0 fully saturated rings. The summed E-state index contributed by atoms with van der Waals surface area (Å²) in [6.07, 6.45) is 0.772. The molecule has 102 valence electrons. The van der Waals surface area contributed by atoms with Gasteiger partial charge < -0.3 is 15.1 Å². The quantitative estimate of drug-likeness (QED) is 0.584. The van der Waals surface area contributed by atoms with Gasteiger partial charge in [-0.3, -0.25) is 0 Å². The van der Waals surface area contributed by atoms with Crippen LogP contribution in [0.4, 0.5) is 11.6 Å². The van der Waals surface area contributed by atoms with Crippen molar-refractivity contribution in [2.24, 2.45) is 5.84 Å². The molecule has 0 radical (unpaired) electrons. The predicted molar refractivity (Wildman–Crippen MR) is 73.7 cm³/mol. The van der Waals surface area contributed by atoms with Gasteiger partial charge in [-0.05, 0) is 13.8 Å². The van der Waals surface area contributed by atoms with Gasteiger partial charge in [-0.15, -0.1) is 0 Å². The van der Waals surface area contributed by atoms with Crippen LogP contribution in [0, 0.1) is 6.92 Å². The van der Waals surface area contributed by atoms with Gasteiger partial charge in [-0.1, -0.05) is 6.92 Å². The third-order valence-electron chi connectivity index (χ3n) is 3.02. The number of hydrazine groups is 1. The van der Waals surface area contributed by atoms with Crippen molar-refractivity contribution < 1.29 is 4.74 Å². The summed E-state index contributed by atoms with van der Waals surface area (Å²) in [7, 11) is 3.69. The first-order valence-corrected chi connectivity index (χ1v) is 6.11. The van der Waals surface area contributed by atoms with Crippen LogP contribution < -0.4 is 16.2 Å². The molecule has 0 aliphatic heterocycles. The number of likely N-dealkylation sites (N-methyl/N-ethyl adjacent to an activating group) is 1. The maximum atomic E-state index is 5.49. The second-order valence-corrected chi connectivity index (χ2v) is 4.35. The second-order valence-electron chi connectivity index (χ2n) is 4.35. The highest BCUT2D eigenvalue weighted by molar-refractivity contribution is 5.58. The largest absolute Gasteiger partial charge is 0.383 e. The van der Waals surface area contributed by atoms with Crippen molar-refractivity contribution in [1.82, 2.24) is 9.97 Å². The summed E-state index contributed by atoms with van der Waals surface area (Å²) in [5.74, 6) is 7.84. The van der Waals surface area contributed by atoms with Crippen molar-refractivity contribution in [2.45, 2.75) is 33.2 Å². The first-order valence-electron chi connectivity index (χ1n) is 6.11. The Kier molecular flexibility index (Phi) is 5.30. The summed E-state index contributed by atoms with van der Waals surface area (Å²) in [6, 6.07) is 0.235. The summed E-state index contributed by atoms with van der Waals surface area (Å²) >= 11 is 0. The van der Waals surface area contributed by atoms with Crippen molar-refractivity contribution in [2.75, 3.05) is 31.1 Å². The summed E-state index contributed by atoms with van der Waals surface area (Å²) < 4.78 is 5.17. The van der Waals surface area contributed by atoms with E-state index < -0.39 is 0 Å². The average molecular weight is 253 g/mol. The molecule has 0 amide bonds. The van der Waals surface area contributed by atoms with E-state index in [0.29, 0.717) is 12.4 Å². The van der Waals surface area contributed by atoms with Crippen LogP contribution in [0.25, 0.3) is 0 Å². The highest BCUT2D eigenvalue weighted by Gasteiger charge is 2.17. The maximum Gasteiger partial charge on any atom is 0.148 e. The molecule has 1 rings (SSSR count). The van der Waals surface area contributed by atoms with Crippen LogP contribution >= 0.6 is 0 Å². The Morgan fingerprint density at radius 2 is 2.11 bits per heavy atom. The van der Waals surface area contributed by atoms with E-state index in [9.17, 15) is 0 Å². The van der Waals surface area contributed by atoms with E-state index in [2.05, 4.69) is 27.2 Å². The van der Waals surface area contributed by atoms with Crippen LogP contribution in [0.15, 0.2) is 0 Å². The number of anilines is 2. The van der Waals surface area contributed by atoms with Gasteiger partial charge in [-0.2, -0.15) is 0 Å². The minimum Gasteiger partial charge on any atom is -0.383 e. The number of aryl methyl sites for hydroxylation is 1. The van der Waals surface area contributed by atoms with E-state index >= 15 is 0 Å². The molecule has 1 atom stereocenters. The first-order chi connectivity index (χ1) is 8.54. The molecule has 3 N–H and O–H groups in total. The molecule has 0 bridgehead atoms. The smallest absolute Gasteiger partial charge is 0.148 e. The minimum absolute atomic E-state index is 0.235. The monoisotopic (exact) mass is 253 g/mol. The van der Waals surface area contributed by atoms with Crippen molar-refractivity contribution in [3.05, 3.63) is 11.4 Å². The van der Waals surface area contributed by atoms with E-state index in [0.717, 1.165) is 23.6 Å². The van der Waals surface area contributed by atoms with Gasteiger partial charge >= 0.3 is 0 Å². The molecular formula is C12H23N5O. The van der Waals surface area contributed by atoms with Crippen LogP contribution in [0.5, 0.6) is 0 Å². The number of nitrogen functional groups attached to an aromatic ring is 1. The maximum absolute atomic E-state index is 5.49. The van der Waals surface area contributed by atoms with Gasteiger partial charge in [0.15, 0.2) is 0 Å². The van der Waals surface area contributed by atoms with E-state index in [1.54, 1.807) is 7.11 Å². The van der Waals surface area contributed by atoms with E-state index in [-0.39, 0.29) is 6.04 Å². The molecule has 0 aliphatic rings. The number of nitrogens with one attached hydrogen (secondary N) is 1. The Hall–Kier alpha value is -1.40. The Bertz CT molecular complexity index is 396. The number of ether oxygens (including phenoxy) is 1. The van der Waals surface area contributed by atoms with Crippen LogP contribution in [0.1, 0.15) is 25.2 Å². The third-order valence-corrected chi connectivity index (χ3v) is 3.02. The Labute approximate surface area is 109 Å². The number of nitrogens with zero attached hydrogens (tertiary/aromatic N) is 3. The molecule has 0 aromatic carbocycles. The zero-order valence-corrected chi connectivity index (χ0v) is 11.8. The molecule has 1 aromatic heterocycles. The Morgan fingerprint density at radius 3 is 2.61 bits per heavy atom. The standard InChI is InChI=1S/C12H23N5O/c1-6-10-14-11(16-13)9(3)12(15-10)17(4)8(2)7-18-5/h8H,6-7,13H2,1-5H3,(H,14,15,16). The summed E-state index contributed by atoms with van der Waals surface area (Å²) in [5, 5.41) is 0. The molecule has 1 aromatic rings. The normalized spacial score (nSPS) is 12.3. The molecule has 18 heavy (non-hydrogen) atoms. The fourth-order valence-electron chi connectivity index (χ4n) is 1.75. The van der Waals surface area contributed by atoms with E-state index in [4.69, 9.17) is 10.6 Å². The minimum atomic E-state index is 0.235. The fraction of sp³-hybridized carbons (Fsp3) is 0.667. The van der Waals surface area contributed by atoms with Gasteiger partial charge in [0.05, 0.1) is 12.6 Å². The molecule has 6 nitrogen and oxygen atoms in total. The highest BCUT2D eigenvalue weighted by atomic mass is 16.5. The van der Waals surface area contributed by atoms with E-state index in [1.807, 2.05) is 20.9 Å². The molecule has 1 heterocycles. The molecule has 0 aliphatic carbocycles. The number of rotatable bonds is 6. The molecule has 0 saturated carbocycles. The fourth-order valence-corrected chi connectivity index (χ4v) is 1.75. The lowest BCUT2D eigenvalue weighted by Gasteiger charge is -2.27. The van der Waals surface area contributed by atoms with Gasteiger partial charge in [0.25, 0.3) is 0 Å². The topological polar surface area (TPSA) is 76.3 Å². The number of hydrogen-bond acceptors (Lipinski definition) is 6. The van der Waals surface area contributed by atoms with Crippen molar-refractivity contribution >= 4 is 11.6 Å². The molecular weight excluding hydrogens is 230 g/mol. The van der Waals surface area contributed by atoms with Gasteiger partial charge in [0, 0.05) is 26.1 Å². The summed E-state index contributed by atoms with van der Waals surface area (Å²) in [6.45, 7) is 6.71. The Balaban J connectivity index is 3.13. The summed E-state index contributed by atoms with van der Waals surface area (Å²) in [4.78, 5) is 11.0. The zero-order chi connectivity index (χ0) is 13.7. The molecule has 1 unspecified atom stereocenters. The van der Waals surface area contributed by atoms with Gasteiger partial charge in [0.2, 0.25) is 0 Å². The molecule has 6 heteroatoms. The Morgan fingerprint density at radius 1 is 1.44 bits per heavy atom. The summed E-state index contributed by atoms with van der Waals surface area (Å²) in [5.41, 5.74) is 3.57. The highest BCUT2D eigenvalue weighted by Crippen LogP contribution is 2.23. The van der Waals surface area contributed by atoms with Crippen LogP contribution in [0.2, 0.25) is 0 Å². The lowest BCUT2D eigenvalue weighted by molar-refractivity contribution is 0.183. The first kappa shape index (κ1) is 14.7. The predicted octanol–water partition coefficient (Wildman–Crippen LogP) is 1.10. The average Bonchev–Trinajstić information content (AvgIpc) is 2.38. The molecule has 0 saturated heterocycles. The number of aromatic nitrogens is 2. The van der Waals surface area contributed by atoms with Crippen molar-refractivity contribution in [3.8, 4) is 0 Å². The van der Waals surface area contributed by atoms with Crippen LogP contribution in [-0.4, -0.2) is 36.8 Å². The lowest BCUT2D eigenvalue weighted by atomic mass is 10.2. The van der Waals surface area contributed by atoms with E-state index in [1.165, 1.54) is 0 Å². The zero-order valence-electron chi connectivity index (χ0n) is 11.8. The number of hydrogen-bond donors (Lipinski definition) is 2. The van der Waals surface area contributed by atoms with Crippen molar-refractivity contribution in [1.29, 1.82) is 0 Å². The van der Waals surface area contributed by atoms with Gasteiger partial charge in [-0.25, -0.2) is 15.8 Å². The third kappa shape index (κ3) is 3.08. The van der Waals surface area contributed by atoms with Crippen LogP contribution in [0.3, 0.4) is 0 Å². The van der Waals surface area contributed by atoms with Crippen LogP contribution in [-0.2, 0) is 11.2 Å². The van der Waals surface area contributed by atoms with Gasteiger partial charge in [0.1, 0.15) is 17.5 Å². The van der Waals surface area contributed by atoms with Crippen molar-refractivity contribution in [3.63, 3.8) is 0 Å². The second kappa shape index (κ2) is 6.51.